The average molecular weight is 214 g/mol. The lowest BCUT2D eigenvalue weighted by molar-refractivity contribution is 1.03. The first-order chi connectivity index (χ1) is 7.58. The van der Waals surface area contributed by atoms with Crippen molar-refractivity contribution in [2.45, 2.75) is 13.8 Å². The zero-order chi connectivity index (χ0) is 11.7. The van der Waals surface area contributed by atoms with Crippen molar-refractivity contribution < 1.29 is 0 Å². The molecular formula is C12H14N4. The summed E-state index contributed by atoms with van der Waals surface area (Å²) < 4.78 is 0. The molecule has 4 heteroatoms. The molecular weight excluding hydrogens is 200 g/mol. The normalized spacial score (nSPS) is 10.4. The number of nitrogen functional groups attached to an aromatic ring is 2. The van der Waals surface area contributed by atoms with Gasteiger partial charge in [0.15, 0.2) is 0 Å². The van der Waals surface area contributed by atoms with Crippen LogP contribution in [0.5, 0.6) is 0 Å². The van der Waals surface area contributed by atoms with Gasteiger partial charge >= 0.3 is 0 Å². The van der Waals surface area contributed by atoms with Crippen LogP contribution < -0.4 is 11.5 Å². The first kappa shape index (κ1) is 10.4. The second-order valence-corrected chi connectivity index (χ2v) is 3.89. The quantitative estimate of drug-likeness (QED) is 0.711. The molecule has 0 aliphatic carbocycles. The Morgan fingerprint density at radius 2 is 1.75 bits per heavy atom. The van der Waals surface area contributed by atoms with Crippen molar-refractivity contribution in [2.24, 2.45) is 0 Å². The largest absolute Gasteiger partial charge is 0.398 e. The number of benzene rings is 1. The summed E-state index contributed by atoms with van der Waals surface area (Å²) in [6.45, 7) is 3.95. The van der Waals surface area contributed by atoms with Crippen LogP contribution in [-0.4, -0.2) is 10.2 Å². The zero-order valence-electron chi connectivity index (χ0n) is 9.36. The molecule has 0 bridgehead atoms. The van der Waals surface area contributed by atoms with Gasteiger partial charge < -0.3 is 11.5 Å². The third-order valence-corrected chi connectivity index (χ3v) is 2.47. The third kappa shape index (κ3) is 1.82. The van der Waals surface area contributed by atoms with Crippen molar-refractivity contribution in [2.75, 3.05) is 11.5 Å². The first-order valence-corrected chi connectivity index (χ1v) is 5.04. The van der Waals surface area contributed by atoms with E-state index >= 15 is 0 Å². The standard InChI is InChI=1S/C12H14N4/c1-7-3-4-9(10(13)5-7)12-8(2)6-11(14)15-16-12/h3-6H,13H2,1-2H3,(H2,14,15). The summed E-state index contributed by atoms with van der Waals surface area (Å²) in [5.41, 5.74) is 16.0. The van der Waals surface area contributed by atoms with Crippen LogP contribution in [0.3, 0.4) is 0 Å². The lowest BCUT2D eigenvalue weighted by Crippen LogP contribution is -1.99. The third-order valence-electron chi connectivity index (χ3n) is 2.47. The van der Waals surface area contributed by atoms with Crippen molar-refractivity contribution in [1.82, 2.24) is 10.2 Å². The predicted octanol–water partition coefficient (Wildman–Crippen LogP) is 1.92. The topological polar surface area (TPSA) is 77.8 Å². The molecule has 0 saturated heterocycles. The molecule has 0 aliphatic heterocycles. The maximum absolute atomic E-state index is 5.96. The summed E-state index contributed by atoms with van der Waals surface area (Å²) in [4.78, 5) is 0. The van der Waals surface area contributed by atoms with Gasteiger partial charge in [-0.05, 0) is 37.1 Å². The Morgan fingerprint density at radius 3 is 2.38 bits per heavy atom. The second kappa shape index (κ2) is 3.81. The van der Waals surface area contributed by atoms with Gasteiger partial charge in [0.05, 0.1) is 5.69 Å². The smallest absolute Gasteiger partial charge is 0.146 e. The second-order valence-electron chi connectivity index (χ2n) is 3.89. The molecule has 82 valence electrons. The molecule has 4 N–H and O–H groups in total. The van der Waals surface area contributed by atoms with Crippen LogP contribution in [-0.2, 0) is 0 Å². The highest BCUT2D eigenvalue weighted by molar-refractivity contribution is 5.76. The summed E-state index contributed by atoms with van der Waals surface area (Å²) in [6, 6.07) is 7.68. The monoisotopic (exact) mass is 214 g/mol. The fourth-order valence-electron chi connectivity index (χ4n) is 1.67. The molecule has 0 amide bonds. The van der Waals surface area contributed by atoms with Gasteiger partial charge in [0.25, 0.3) is 0 Å². The van der Waals surface area contributed by atoms with E-state index in [1.165, 1.54) is 0 Å². The number of aryl methyl sites for hydroxylation is 2. The van der Waals surface area contributed by atoms with E-state index in [0.29, 0.717) is 11.5 Å². The van der Waals surface area contributed by atoms with Crippen LogP contribution >= 0.6 is 0 Å². The van der Waals surface area contributed by atoms with E-state index in [1.54, 1.807) is 6.07 Å². The van der Waals surface area contributed by atoms with Crippen LogP contribution in [0.2, 0.25) is 0 Å². The molecule has 1 heterocycles. The molecule has 0 aliphatic rings. The minimum Gasteiger partial charge on any atom is -0.398 e. The fraction of sp³-hybridized carbons (Fsp3) is 0.167. The predicted molar refractivity (Wildman–Crippen MR) is 65.8 cm³/mol. The Labute approximate surface area is 94.3 Å². The summed E-state index contributed by atoms with van der Waals surface area (Å²) >= 11 is 0. The molecule has 2 rings (SSSR count). The number of hydrogen-bond donors (Lipinski definition) is 2. The van der Waals surface area contributed by atoms with Crippen molar-refractivity contribution >= 4 is 11.5 Å². The summed E-state index contributed by atoms with van der Waals surface area (Å²) in [6.07, 6.45) is 0. The Kier molecular flexibility index (Phi) is 2.48. The van der Waals surface area contributed by atoms with E-state index in [-0.39, 0.29) is 0 Å². The van der Waals surface area contributed by atoms with Gasteiger partial charge in [0, 0.05) is 11.3 Å². The molecule has 4 nitrogen and oxygen atoms in total. The highest BCUT2D eigenvalue weighted by Crippen LogP contribution is 2.27. The summed E-state index contributed by atoms with van der Waals surface area (Å²) in [5, 5.41) is 7.94. The number of rotatable bonds is 1. The van der Waals surface area contributed by atoms with E-state index in [9.17, 15) is 0 Å². The molecule has 0 unspecified atom stereocenters. The Morgan fingerprint density at radius 1 is 1.00 bits per heavy atom. The molecule has 2 aromatic rings. The summed E-state index contributed by atoms with van der Waals surface area (Å²) in [7, 11) is 0. The van der Waals surface area contributed by atoms with Gasteiger partial charge in [-0.3, -0.25) is 0 Å². The van der Waals surface area contributed by atoms with E-state index in [4.69, 9.17) is 11.5 Å². The minimum absolute atomic E-state index is 0.423. The molecule has 0 spiro atoms. The highest BCUT2D eigenvalue weighted by atomic mass is 15.1. The Bertz CT molecular complexity index is 485. The minimum atomic E-state index is 0.423. The molecule has 0 fully saturated rings. The van der Waals surface area contributed by atoms with E-state index < -0.39 is 0 Å². The maximum Gasteiger partial charge on any atom is 0.146 e. The van der Waals surface area contributed by atoms with Crippen LogP contribution in [0, 0.1) is 13.8 Å². The average Bonchev–Trinajstić information content (AvgIpc) is 2.19. The van der Waals surface area contributed by atoms with Crippen molar-refractivity contribution in [3.8, 4) is 11.3 Å². The van der Waals surface area contributed by atoms with Gasteiger partial charge in [-0.25, -0.2) is 0 Å². The van der Waals surface area contributed by atoms with Gasteiger partial charge in [-0.1, -0.05) is 12.1 Å². The molecule has 0 atom stereocenters. The molecule has 1 aromatic heterocycles. The molecule has 1 aromatic carbocycles. The van der Waals surface area contributed by atoms with Crippen LogP contribution in [0.4, 0.5) is 11.5 Å². The molecule has 16 heavy (non-hydrogen) atoms. The number of nitrogens with two attached hydrogens (primary N) is 2. The Hall–Kier alpha value is -2.10. The van der Waals surface area contributed by atoms with Crippen LogP contribution in [0.15, 0.2) is 24.3 Å². The highest BCUT2D eigenvalue weighted by Gasteiger charge is 2.08. The van der Waals surface area contributed by atoms with Crippen molar-refractivity contribution in [3.05, 3.63) is 35.4 Å². The van der Waals surface area contributed by atoms with Gasteiger partial charge in [-0.2, -0.15) is 0 Å². The number of aromatic nitrogens is 2. The van der Waals surface area contributed by atoms with E-state index in [2.05, 4.69) is 10.2 Å². The summed E-state index contributed by atoms with van der Waals surface area (Å²) in [5.74, 6) is 0.423. The lowest BCUT2D eigenvalue weighted by Gasteiger charge is -2.08. The lowest BCUT2D eigenvalue weighted by atomic mass is 10.0. The van der Waals surface area contributed by atoms with Crippen molar-refractivity contribution in [1.29, 1.82) is 0 Å². The number of anilines is 2. The number of nitrogens with zero attached hydrogens (tertiary/aromatic N) is 2. The first-order valence-electron chi connectivity index (χ1n) is 5.04. The van der Waals surface area contributed by atoms with Gasteiger partial charge in [0.2, 0.25) is 0 Å². The van der Waals surface area contributed by atoms with Crippen LogP contribution in [0.1, 0.15) is 11.1 Å². The van der Waals surface area contributed by atoms with E-state index in [1.807, 2.05) is 32.0 Å². The van der Waals surface area contributed by atoms with Gasteiger partial charge in [-0.15, -0.1) is 10.2 Å². The fourth-order valence-corrected chi connectivity index (χ4v) is 1.67. The van der Waals surface area contributed by atoms with Gasteiger partial charge in [0.1, 0.15) is 5.82 Å². The Balaban J connectivity index is 2.59. The molecule has 0 radical (unpaired) electrons. The SMILES string of the molecule is Cc1ccc(-c2nnc(N)cc2C)c(N)c1. The molecule has 0 saturated carbocycles. The maximum atomic E-state index is 5.96. The van der Waals surface area contributed by atoms with Crippen LogP contribution in [0.25, 0.3) is 11.3 Å². The van der Waals surface area contributed by atoms with Crippen molar-refractivity contribution in [3.63, 3.8) is 0 Å². The zero-order valence-corrected chi connectivity index (χ0v) is 9.36. The number of hydrogen-bond acceptors (Lipinski definition) is 4. The van der Waals surface area contributed by atoms with E-state index in [0.717, 1.165) is 22.4 Å².